The summed E-state index contributed by atoms with van der Waals surface area (Å²) in [6, 6.07) is 10.5. The average Bonchev–Trinajstić information content (AvgIpc) is 2.47. The second kappa shape index (κ2) is 7.75. The van der Waals surface area contributed by atoms with E-state index in [0.29, 0.717) is 0 Å². The normalized spacial score (nSPS) is 12.9. The van der Waals surface area contributed by atoms with Gasteiger partial charge in [0.25, 0.3) is 0 Å². The van der Waals surface area contributed by atoms with Gasteiger partial charge in [0.15, 0.2) is 0 Å². The number of benzene rings is 1. The maximum atomic E-state index is 9.21. The fraction of sp³-hybridized carbons (Fsp3) is 0.316. The van der Waals surface area contributed by atoms with E-state index in [4.69, 9.17) is 0 Å². The summed E-state index contributed by atoms with van der Waals surface area (Å²) in [6.45, 7) is 5.60. The first-order chi connectivity index (χ1) is 10.2. The van der Waals surface area contributed by atoms with Crippen LogP contribution in [0.15, 0.2) is 49.1 Å². The van der Waals surface area contributed by atoms with Crippen molar-refractivity contribution in [3.05, 3.63) is 60.3 Å². The van der Waals surface area contributed by atoms with Crippen molar-refractivity contribution in [2.75, 3.05) is 0 Å². The Morgan fingerprint density at radius 2 is 2.14 bits per heavy atom. The fourth-order valence-corrected chi connectivity index (χ4v) is 2.31. The van der Waals surface area contributed by atoms with E-state index in [-0.39, 0.29) is 6.10 Å². The quantitative estimate of drug-likeness (QED) is 0.597. The van der Waals surface area contributed by atoms with Gasteiger partial charge in [-0.1, -0.05) is 24.3 Å². The molecule has 2 aromatic rings. The number of hydrogen-bond donors (Lipinski definition) is 1. The molecular formula is C19H23NO. The molecule has 110 valence electrons. The number of fused-ring (bicyclic) bond motifs is 1. The van der Waals surface area contributed by atoms with Crippen molar-refractivity contribution in [2.24, 2.45) is 0 Å². The third kappa shape index (κ3) is 4.83. The molecule has 1 unspecified atom stereocenters. The molecule has 0 amide bonds. The Balaban J connectivity index is 2.03. The summed E-state index contributed by atoms with van der Waals surface area (Å²) in [7, 11) is 0. The number of aliphatic hydroxyl groups excluding tert-OH is 1. The minimum Gasteiger partial charge on any atom is -0.393 e. The van der Waals surface area contributed by atoms with Crippen LogP contribution in [-0.4, -0.2) is 16.2 Å². The molecular weight excluding hydrogens is 258 g/mol. The number of nitrogens with zero attached hydrogens (tertiary/aromatic N) is 1. The van der Waals surface area contributed by atoms with Crippen LogP contribution in [0, 0.1) is 0 Å². The lowest BCUT2D eigenvalue weighted by Gasteiger charge is -2.02. The SMILES string of the molecule is C=CCc1ccc2nc(C=CCCCC(C)O)ccc2c1. The lowest BCUT2D eigenvalue weighted by molar-refractivity contribution is 0.182. The van der Waals surface area contributed by atoms with Crippen molar-refractivity contribution in [1.82, 2.24) is 4.98 Å². The minimum atomic E-state index is -0.207. The van der Waals surface area contributed by atoms with Crippen molar-refractivity contribution in [1.29, 1.82) is 0 Å². The second-order valence-electron chi connectivity index (χ2n) is 5.44. The van der Waals surface area contributed by atoms with Crippen LogP contribution in [0.1, 0.15) is 37.4 Å². The number of aliphatic hydroxyl groups is 1. The smallest absolute Gasteiger partial charge is 0.0709 e. The van der Waals surface area contributed by atoms with Crippen molar-refractivity contribution >= 4 is 17.0 Å². The molecule has 2 nitrogen and oxygen atoms in total. The molecule has 0 aliphatic rings. The Morgan fingerprint density at radius 1 is 1.29 bits per heavy atom. The highest BCUT2D eigenvalue weighted by Crippen LogP contribution is 2.16. The van der Waals surface area contributed by atoms with Crippen molar-refractivity contribution in [3.63, 3.8) is 0 Å². The monoisotopic (exact) mass is 281 g/mol. The molecule has 0 aliphatic heterocycles. The summed E-state index contributed by atoms with van der Waals surface area (Å²) in [4.78, 5) is 4.65. The minimum absolute atomic E-state index is 0.207. The number of unbranched alkanes of at least 4 members (excludes halogenated alkanes) is 1. The van der Waals surface area contributed by atoms with E-state index in [2.05, 4.69) is 48.0 Å². The van der Waals surface area contributed by atoms with Crippen LogP contribution >= 0.6 is 0 Å². The fourth-order valence-electron chi connectivity index (χ4n) is 2.31. The zero-order chi connectivity index (χ0) is 15.1. The lowest BCUT2D eigenvalue weighted by Crippen LogP contribution is -1.97. The standard InChI is InChI=1S/C19H23NO/c1-3-7-16-10-13-19-17(14-16)11-12-18(20-19)9-6-4-5-8-15(2)21/h3,6,9-15,21H,1,4-5,7-8H2,2H3. The van der Waals surface area contributed by atoms with E-state index < -0.39 is 0 Å². The van der Waals surface area contributed by atoms with Crippen LogP contribution in [-0.2, 0) is 6.42 Å². The molecule has 1 aromatic heterocycles. The average molecular weight is 281 g/mol. The molecule has 0 saturated carbocycles. The summed E-state index contributed by atoms with van der Waals surface area (Å²) >= 11 is 0. The summed E-state index contributed by atoms with van der Waals surface area (Å²) < 4.78 is 0. The van der Waals surface area contributed by atoms with Gasteiger partial charge < -0.3 is 5.11 Å². The Bertz CT molecular complexity index is 628. The van der Waals surface area contributed by atoms with Crippen LogP contribution in [0.25, 0.3) is 17.0 Å². The van der Waals surface area contributed by atoms with E-state index in [0.717, 1.165) is 36.9 Å². The van der Waals surface area contributed by atoms with E-state index in [1.54, 1.807) is 0 Å². The molecule has 0 spiro atoms. The van der Waals surface area contributed by atoms with Crippen LogP contribution in [0.4, 0.5) is 0 Å². The molecule has 2 rings (SSSR count). The van der Waals surface area contributed by atoms with Gasteiger partial charge in [-0.3, -0.25) is 0 Å². The third-order valence-electron chi connectivity index (χ3n) is 3.44. The molecule has 1 atom stereocenters. The zero-order valence-electron chi connectivity index (χ0n) is 12.6. The molecule has 0 radical (unpaired) electrons. The van der Waals surface area contributed by atoms with Crippen molar-refractivity contribution in [3.8, 4) is 0 Å². The molecule has 1 aromatic carbocycles. The van der Waals surface area contributed by atoms with Gasteiger partial charge in [0.05, 0.1) is 17.3 Å². The third-order valence-corrected chi connectivity index (χ3v) is 3.44. The summed E-state index contributed by atoms with van der Waals surface area (Å²) in [5.41, 5.74) is 3.27. The molecule has 0 bridgehead atoms. The highest BCUT2D eigenvalue weighted by Gasteiger charge is 1.98. The molecule has 0 aliphatic carbocycles. The van der Waals surface area contributed by atoms with Crippen LogP contribution < -0.4 is 0 Å². The summed E-state index contributed by atoms with van der Waals surface area (Å²) in [6.07, 6.45) is 9.61. The lowest BCUT2D eigenvalue weighted by atomic mass is 10.1. The maximum absolute atomic E-state index is 9.21. The van der Waals surface area contributed by atoms with Gasteiger partial charge in [-0.2, -0.15) is 0 Å². The van der Waals surface area contributed by atoms with Gasteiger partial charge in [-0.15, -0.1) is 6.58 Å². The van der Waals surface area contributed by atoms with E-state index in [1.807, 2.05) is 19.1 Å². The Morgan fingerprint density at radius 3 is 2.90 bits per heavy atom. The molecule has 2 heteroatoms. The first-order valence-corrected chi connectivity index (χ1v) is 7.54. The van der Waals surface area contributed by atoms with Crippen LogP contribution in [0.3, 0.4) is 0 Å². The number of hydrogen-bond acceptors (Lipinski definition) is 2. The number of allylic oxidation sites excluding steroid dienone is 2. The molecule has 0 fully saturated rings. The van der Waals surface area contributed by atoms with Gasteiger partial charge in [-0.05, 0) is 62.4 Å². The Hall–Kier alpha value is -1.93. The van der Waals surface area contributed by atoms with E-state index in [9.17, 15) is 5.11 Å². The van der Waals surface area contributed by atoms with Crippen LogP contribution in [0.2, 0.25) is 0 Å². The summed E-state index contributed by atoms with van der Waals surface area (Å²) in [5.74, 6) is 0. The van der Waals surface area contributed by atoms with Gasteiger partial charge in [0, 0.05) is 5.39 Å². The second-order valence-corrected chi connectivity index (χ2v) is 5.44. The van der Waals surface area contributed by atoms with E-state index >= 15 is 0 Å². The molecule has 1 heterocycles. The van der Waals surface area contributed by atoms with Crippen molar-refractivity contribution < 1.29 is 5.11 Å². The Labute approximate surface area is 126 Å². The number of rotatable bonds is 7. The topological polar surface area (TPSA) is 33.1 Å². The molecule has 21 heavy (non-hydrogen) atoms. The first-order valence-electron chi connectivity index (χ1n) is 7.54. The predicted octanol–water partition coefficient (Wildman–Crippen LogP) is 4.53. The summed E-state index contributed by atoms with van der Waals surface area (Å²) in [5, 5.41) is 10.4. The van der Waals surface area contributed by atoms with Gasteiger partial charge in [0.1, 0.15) is 0 Å². The van der Waals surface area contributed by atoms with Gasteiger partial charge in [0.2, 0.25) is 0 Å². The zero-order valence-corrected chi connectivity index (χ0v) is 12.6. The highest BCUT2D eigenvalue weighted by molar-refractivity contribution is 5.80. The predicted molar refractivity (Wildman–Crippen MR) is 90.2 cm³/mol. The van der Waals surface area contributed by atoms with Gasteiger partial charge >= 0.3 is 0 Å². The van der Waals surface area contributed by atoms with Crippen molar-refractivity contribution in [2.45, 2.75) is 38.7 Å². The van der Waals surface area contributed by atoms with E-state index in [1.165, 1.54) is 10.9 Å². The molecule has 1 N–H and O–H groups in total. The Kier molecular flexibility index (Phi) is 5.70. The first kappa shape index (κ1) is 15.5. The number of pyridine rings is 1. The number of aromatic nitrogens is 1. The van der Waals surface area contributed by atoms with Gasteiger partial charge in [-0.25, -0.2) is 4.98 Å². The largest absolute Gasteiger partial charge is 0.393 e. The van der Waals surface area contributed by atoms with Crippen LogP contribution in [0.5, 0.6) is 0 Å². The molecule has 0 saturated heterocycles. The maximum Gasteiger partial charge on any atom is 0.0709 e. The highest BCUT2D eigenvalue weighted by atomic mass is 16.3.